The van der Waals surface area contributed by atoms with Gasteiger partial charge in [0.25, 0.3) is 0 Å². The normalized spacial score (nSPS) is 20.1. The van der Waals surface area contributed by atoms with Gasteiger partial charge in [-0.3, -0.25) is 0 Å². The summed E-state index contributed by atoms with van der Waals surface area (Å²) in [5.41, 5.74) is 0.907. The molecule has 2 atom stereocenters. The zero-order chi connectivity index (χ0) is 17.1. The van der Waals surface area contributed by atoms with Crippen molar-refractivity contribution in [2.45, 2.75) is 11.3 Å². The molecule has 0 saturated carbocycles. The monoisotopic (exact) mass is 352 g/mol. The van der Waals surface area contributed by atoms with Crippen molar-refractivity contribution in [3.05, 3.63) is 78.1 Å². The molecule has 0 amide bonds. The average molecular weight is 352 g/mol. The Hall–Kier alpha value is -2.73. The van der Waals surface area contributed by atoms with E-state index in [1.807, 2.05) is 48.5 Å². The van der Waals surface area contributed by atoms with Crippen molar-refractivity contribution in [1.82, 2.24) is 0 Å². The van der Waals surface area contributed by atoms with Crippen LogP contribution in [0.2, 0.25) is 0 Å². The smallest absolute Gasteiger partial charge is 0.184 e. The van der Waals surface area contributed by atoms with Crippen molar-refractivity contribution >= 4 is 23.1 Å². The standard InChI is InChI=1S/C19H16N2O3S/c1-22-14-7-3-2-6-13(14)12-20-19-21-17(15-8-4-10-23-15)18(25-19)16-9-5-11-24-16/h2-12,17-18H,1H3/t17-,18+/m0/s1. The fourth-order valence-electron chi connectivity index (χ4n) is 2.70. The molecule has 0 saturated heterocycles. The Labute approximate surface area is 149 Å². The third-order valence-electron chi connectivity index (χ3n) is 3.88. The summed E-state index contributed by atoms with van der Waals surface area (Å²) in [7, 11) is 1.65. The Balaban J connectivity index is 1.62. The third kappa shape index (κ3) is 3.25. The van der Waals surface area contributed by atoms with Crippen LogP contribution in [0.15, 0.2) is 79.9 Å². The second-order valence-electron chi connectivity index (χ2n) is 5.43. The first-order chi connectivity index (χ1) is 12.3. The number of hydrogen-bond donors (Lipinski definition) is 0. The molecule has 1 aliphatic heterocycles. The maximum atomic E-state index is 5.59. The van der Waals surface area contributed by atoms with Crippen molar-refractivity contribution in [1.29, 1.82) is 0 Å². The summed E-state index contributed by atoms with van der Waals surface area (Å²) in [6.45, 7) is 0. The van der Waals surface area contributed by atoms with Crippen molar-refractivity contribution < 1.29 is 13.6 Å². The van der Waals surface area contributed by atoms with Gasteiger partial charge in [-0.05, 0) is 36.4 Å². The Morgan fingerprint density at radius 2 is 1.80 bits per heavy atom. The average Bonchev–Trinajstić information content (AvgIpc) is 3.40. The molecule has 126 valence electrons. The third-order valence-corrected chi connectivity index (χ3v) is 5.05. The Morgan fingerprint density at radius 1 is 1.04 bits per heavy atom. The molecule has 0 radical (unpaired) electrons. The zero-order valence-electron chi connectivity index (χ0n) is 13.5. The van der Waals surface area contributed by atoms with E-state index >= 15 is 0 Å². The lowest BCUT2D eigenvalue weighted by molar-refractivity contribution is 0.414. The number of hydrogen-bond acceptors (Lipinski definition) is 6. The molecule has 0 fully saturated rings. The fourth-order valence-corrected chi connectivity index (χ4v) is 3.79. The van der Waals surface area contributed by atoms with E-state index in [1.54, 1.807) is 37.6 Å². The van der Waals surface area contributed by atoms with Gasteiger partial charge in [-0.25, -0.2) is 9.98 Å². The largest absolute Gasteiger partial charge is 0.496 e. The fraction of sp³-hybridized carbons (Fsp3) is 0.158. The highest BCUT2D eigenvalue weighted by Gasteiger charge is 2.36. The first-order valence-corrected chi connectivity index (χ1v) is 8.71. The summed E-state index contributed by atoms with van der Waals surface area (Å²) in [6.07, 6.45) is 5.10. The molecule has 0 bridgehead atoms. The molecule has 4 rings (SSSR count). The number of rotatable bonds is 4. The minimum Gasteiger partial charge on any atom is -0.496 e. The Kier molecular flexibility index (Phi) is 4.43. The number of nitrogens with zero attached hydrogens (tertiary/aromatic N) is 2. The second-order valence-corrected chi connectivity index (χ2v) is 6.53. The number of benzene rings is 1. The van der Waals surface area contributed by atoms with E-state index in [0.29, 0.717) is 5.17 Å². The molecule has 25 heavy (non-hydrogen) atoms. The number of thioether (sulfide) groups is 1. The summed E-state index contributed by atoms with van der Waals surface area (Å²) in [5.74, 6) is 2.44. The van der Waals surface area contributed by atoms with E-state index in [4.69, 9.17) is 18.6 Å². The lowest BCUT2D eigenvalue weighted by Gasteiger charge is -2.11. The van der Waals surface area contributed by atoms with Gasteiger partial charge in [-0.1, -0.05) is 23.9 Å². The lowest BCUT2D eigenvalue weighted by Crippen LogP contribution is -1.99. The minimum atomic E-state index is -0.157. The summed E-state index contributed by atoms with van der Waals surface area (Å²) in [5, 5.41) is 0.694. The molecule has 2 aromatic heterocycles. The van der Waals surface area contributed by atoms with Gasteiger partial charge in [0.15, 0.2) is 5.17 Å². The van der Waals surface area contributed by atoms with Crippen molar-refractivity contribution in [3.63, 3.8) is 0 Å². The number of aliphatic imine (C=N–C) groups is 2. The van der Waals surface area contributed by atoms with Gasteiger partial charge in [0, 0.05) is 11.8 Å². The van der Waals surface area contributed by atoms with Gasteiger partial charge in [0.05, 0.1) is 19.6 Å². The maximum absolute atomic E-state index is 5.59. The molecule has 3 aromatic rings. The van der Waals surface area contributed by atoms with Crippen LogP contribution in [0.1, 0.15) is 28.4 Å². The highest BCUT2D eigenvalue weighted by molar-refractivity contribution is 8.14. The molecule has 1 aliphatic rings. The van der Waals surface area contributed by atoms with Crippen LogP contribution in [0, 0.1) is 0 Å². The summed E-state index contributed by atoms with van der Waals surface area (Å²) >= 11 is 1.56. The minimum absolute atomic E-state index is 0.00553. The first kappa shape index (κ1) is 15.8. The van der Waals surface area contributed by atoms with E-state index in [-0.39, 0.29) is 11.3 Å². The highest BCUT2D eigenvalue weighted by atomic mass is 32.2. The van der Waals surface area contributed by atoms with Gasteiger partial charge in [-0.15, -0.1) is 0 Å². The molecule has 0 aliphatic carbocycles. The molecule has 3 heterocycles. The second kappa shape index (κ2) is 7.03. The van der Waals surface area contributed by atoms with Crippen molar-refractivity contribution in [2.75, 3.05) is 7.11 Å². The first-order valence-electron chi connectivity index (χ1n) is 7.83. The van der Waals surface area contributed by atoms with Crippen LogP contribution in [0.3, 0.4) is 0 Å². The Morgan fingerprint density at radius 3 is 2.52 bits per heavy atom. The molecule has 6 heteroatoms. The quantitative estimate of drug-likeness (QED) is 0.628. The summed E-state index contributed by atoms with van der Waals surface area (Å²) in [6, 6.07) is 15.2. The van der Waals surface area contributed by atoms with E-state index in [9.17, 15) is 0 Å². The van der Waals surface area contributed by atoms with Gasteiger partial charge < -0.3 is 13.6 Å². The van der Waals surface area contributed by atoms with E-state index in [1.165, 1.54) is 0 Å². The molecule has 5 nitrogen and oxygen atoms in total. The van der Waals surface area contributed by atoms with Crippen LogP contribution >= 0.6 is 11.8 Å². The van der Waals surface area contributed by atoms with Gasteiger partial charge >= 0.3 is 0 Å². The number of methoxy groups -OCH3 is 1. The van der Waals surface area contributed by atoms with Crippen LogP contribution in [-0.2, 0) is 0 Å². The Bertz CT molecular complexity index is 885. The maximum Gasteiger partial charge on any atom is 0.184 e. The predicted octanol–water partition coefficient (Wildman–Crippen LogP) is 4.89. The molecular formula is C19H16N2O3S. The SMILES string of the molecule is COc1ccccc1C=NC1=N[C@@H](c2ccco2)[C@@H](c2ccco2)S1. The predicted molar refractivity (Wildman–Crippen MR) is 98.5 cm³/mol. The highest BCUT2D eigenvalue weighted by Crippen LogP contribution is 2.48. The van der Waals surface area contributed by atoms with Crippen LogP contribution in [0.4, 0.5) is 0 Å². The van der Waals surface area contributed by atoms with Crippen LogP contribution < -0.4 is 4.74 Å². The number of ether oxygens (including phenoxy) is 1. The summed E-state index contributed by atoms with van der Waals surface area (Å²) in [4.78, 5) is 9.27. The zero-order valence-corrected chi connectivity index (χ0v) is 14.3. The van der Waals surface area contributed by atoms with Crippen molar-refractivity contribution in [3.8, 4) is 5.75 Å². The molecular weight excluding hydrogens is 336 g/mol. The van der Waals surface area contributed by atoms with E-state index in [0.717, 1.165) is 22.8 Å². The number of amidine groups is 1. The van der Waals surface area contributed by atoms with Gasteiger partial charge in [0.1, 0.15) is 28.6 Å². The molecule has 1 aromatic carbocycles. The topological polar surface area (TPSA) is 60.2 Å². The van der Waals surface area contributed by atoms with E-state index in [2.05, 4.69) is 4.99 Å². The van der Waals surface area contributed by atoms with Crippen LogP contribution in [0.25, 0.3) is 0 Å². The van der Waals surface area contributed by atoms with Gasteiger partial charge in [-0.2, -0.15) is 0 Å². The van der Waals surface area contributed by atoms with Crippen LogP contribution in [0.5, 0.6) is 5.75 Å². The number of para-hydroxylation sites is 1. The van der Waals surface area contributed by atoms with Gasteiger partial charge in [0.2, 0.25) is 0 Å². The lowest BCUT2D eigenvalue weighted by atomic mass is 10.1. The number of furan rings is 2. The van der Waals surface area contributed by atoms with Crippen LogP contribution in [-0.4, -0.2) is 18.5 Å². The molecule has 0 unspecified atom stereocenters. The van der Waals surface area contributed by atoms with Crippen molar-refractivity contribution in [2.24, 2.45) is 9.98 Å². The van der Waals surface area contributed by atoms with E-state index < -0.39 is 0 Å². The molecule has 0 N–H and O–H groups in total. The molecule has 0 spiro atoms. The summed E-state index contributed by atoms with van der Waals surface area (Å²) < 4.78 is 16.5.